The molecule has 2 fully saturated rings. The number of rotatable bonds is 29. The molecule has 7 rings (SSSR count). The average molecular weight is 1120 g/mol. The number of thiazole rings is 2. The van der Waals surface area contributed by atoms with Crippen LogP contribution in [0.25, 0.3) is 10.4 Å². The summed E-state index contributed by atoms with van der Waals surface area (Å²) in [6, 6.07) is 17.4. The summed E-state index contributed by atoms with van der Waals surface area (Å²) in [6.07, 6.45) is 3.30. The molecule has 4 heterocycles. The zero-order chi connectivity index (χ0) is 54.8. The molecule has 3 aromatic heterocycles. The second kappa shape index (κ2) is 29.0. The van der Waals surface area contributed by atoms with Crippen molar-refractivity contribution < 1.29 is 52.4 Å². The Bertz CT molecular complexity index is 2680. The summed E-state index contributed by atoms with van der Waals surface area (Å²) in [5.74, 6) is -1.47. The Hall–Kier alpha value is -5.45. The van der Waals surface area contributed by atoms with Crippen LogP contribution >= 0.6 is 34.3 Å². The molecule has 21 heteroatoms. The van der Waals surface area contributed by atoms with E-state index in [0.717, 1.165) is 32.5 Å². The fourth-order valence-corrected chi connectivity index (χ4v) is 11.0. The molecular weight excluding hydrogens is 1050 g/mol. The summed E-state index contributed by atoms with van der Waals surface area (Å²) in [7, 11) is 0. The summed E-state index contributed by atoms with van der Waals surface area (Å²) >= 11 is 9.03. The van der Waals surface area contributed by atoms with Gasteiger partial charge in [0, 0.05) is 68.5 Å². The lowest BCUT2D eigenvalue weighted by Crippen LogP contribution is -2.50. The van der Waals surface area contributed by atoms with Gasteiger partial charge in [0.15, 0.2) is 16.7 Å². The molecule has 4 N–H and O–H groups in total. The second-order valence-electron chi connectivity index (χ2n) is 20.5. The Balaban J connectivity index is 0.746. The minimum absolute atomic E-state index is 0.00619. The number of nitrogens with one attached hydrogen (secondary N) is 3. The molecule has 5 aromatic rings. The number of carbonyl (C=O) groups is 4. The molecule has 3 amide bonds. The van der Waals surface area contributed by atoms with Gasteiger partial charge in [-0.1, -0.05) is 68.8 Å². The quantitative estimate of drug-likeness (QED) is 0.0331. The normalized spacial score (nSPS) is 18.9. The van der Waals surface area contributed by atoms with E-state index in [1.807, 2.05) is 81.1 Å². The molecule has 2 aromatic carbocycles. The zero-order valence-corrected chi connectivity index (χ0v) is 46.6. The third-order valence-electron chi connectivity index (χ3n) is 13.8. The molecule has 1 saturated carbocycles. The number of hydrogen-bond donors (Lipinski definition) is 4. The lowest BCUT2D eigenvalue weighted by molar-refractivity contribution is -0.146. The Morgan fingerprint density at radius 3 is 2.23 bits per heavy atom. The molecule has 0 radical (unpaired) electrons. The highest BCUT2D eigenvalue weighted by Crippen LogP contribution is 2.42. The third-order valence-corrected chi connectivity index (χ3v) is 15.8. The van der Waals surface area contributed by atoms with Crippen molar-refractivity contribution in [2.75, 3.05) is 71.3 Å². The van der Waals surface area contributed by atoms with Crippen molar-refractivity contribution in [3.63, 3.8) is 0 Å². The Kier molecular flexibility index (Phi) is 22.3. The SMILES string of the molecule is Cc1ncsc1-c1ccc(CNC(=O)[C@@H]2C[C@@H](O)CN2C(=O)[C@@H](CC(=O)CCOCCOCCOCCOCCNC(=O)C2(Cc3cccc(Nc4nccs4)n3)CCC(Oc3cccc(Cl)c3F)CC2)C(C)(C)C)cc1. The number of nitrogens with zero attached hydrogens (tertiary/aromatic N) is 4. The van der Waals surface area contributed by atoms with Gasteiger partial charge in [-0.15, -0.1) is 22.7 Å². The minimum Gasteiger partial charge on any atom is -0.487 e. The van der Waals surface area contributed by atoms with Crippen LogP contribution in [-0.4, -0.2) is 133 Å². The molecule has 0 bridgehead atoms. The molecule has 0 spiro atoms. The maximum Gasteiger partial charge on any atom is 0.243 e. The van der Waals surface area contributed by atoms with Crippen LogP contribution in [0, 0.1) is 29.5 Å². The van der Waals surface area contributed by atoms with Crippen LogP contribution in [0.2, 0.25) is 5.02 Å². The molecule has 77 heavy (non-hydrogen) atoms. The van der Waals surface area contributed by atoms with Crippen molar-refractivity contribution in [3.8, 4) is 16.2 Å². The van der Waals surface area contributed by atoms with Gasteiger partial charge in [0.2, 0.25) is 17.7 Å². The highest BCUT2D eigenvalue weighted by molar-refractivity contribution is 7.13. The highest BCUT2D eigenvalue weighted by Gasteiger charge is 2.45. The lowest BCUT2D eigenvalue weighted by Gasteiger charge is -2.39. The van der Waals surface area contributed by atoms with Crippen LogP contribution in [0.1, 0.15) is 82.7 Å². The fourth-order valence-electron chi connectivity index (χ4n) is 9.52. The van der Waals surface area contributed by atoms with Gasteiger partial charge < -0.3 is 49.6 Å². The van der Waals surface area contributed by atoms with Gasteiger partial charge in [0.1, 0.15) is 17.6 Å². The molecule has 3 atom stereocenters. The number of aromatic nitrogens is 3. The molecule has 17 nitrogen and oxygen atoms in total. The van der Waals surface area contributed by atoms with E-state index in [2.05, 4.69) is 25.9 Å². The molecule has 1 saturated heterocycles. The standard InChI is InChI=1S/C56H71ClFN7O10S2/c1-37-50(77-36-62-37)39-13-11-38(12-14-39)34-61-51(68)46-32-42(67)35-65(46)52(69)44(55(2,3)4)31-41(66)17-22-71-24-26-73-28-29-74-27-25-72-23-20-59-53(70)56(33-40-7-5-10-48(63-40)64-54-60-21-30-76-54)18-15-43(16-19-56)75-47-9-6-8-45(57)49(47)58/h5-14,21,30,36,42-44,46,67H,15-20,22-29,31-35H2,1-4H3,(H,59,70)(H,61,68)(H,60,63,64)/t42-,43?,44-,46+,56?/m1/s1. The van der Waals surface area contributed by atoms with E-state index in [1.54, 1.807) is 29.7 Å². The summed E-state index contributed by atoms with van der Waals surface area (Å²) in [5, 5.41) is 22.4. The number of ketones is 1. The van der Waals surface area contributed by atoms with Crippen LogP contribution in [0.5, 0.6) is 5.75 Å². The van der Waals surface area contributed by atoms with E-state index in [9.17, 15) is 28.7 Å². The van der Waals surface area contributed by atoms with Gasteiger partial charge in [0.25, 0.3) is 0 Å². The molecule has 0 unspecified atom stereocenters. The van der Waals surface area contributed by atoms with Gasteiger partial charge in [-0.25, -0.2) is 19.3 Å². The number of likely N-dealkylation sites (tertiary alicyclic amines) is 1. The number of aryl methyl sites for hydroxylation is 1. The molecule has 1 aliphatic heterocycles. The number of ether oxygens (including phenoxy) is 5. The van der Waals surface area contributed by atoms with Crippen molar-refractivity contribution >= 4 is 68.7 Å². The number of halogens is 2. The monoisotopic (exact) mass is 1120 g/mol. The second-order valence-corrected chi connectivity index (χ2v) is 22.7. The maximum absolute atomic E-state index is 14.7. The van der Waals surface area contributed by atoms with Gasteiger partial charge in [-0.05, 0) is 73.4 Å². The zero-order valence-electron chi connectivity index (χ0n) is 44.2. The fraction of sp³-hybridized carbons (Fsp3) is 0.518. The number of carbonyl (C=O) groups excluding carboxylic acids is 4. The van der Waals surface area contributed by atoms with E-state index < -0.39 is 34.7 Å². The highest BCUT2D eigenvalue weighted by atomic mass is 35.5. The number of β-amino-alcohol motifs (C(OH)–C–C–N with tert-alkyl or cyclic N) is 1. The maximum atomic E-state index is 14.7. The summed E-state index contributed by atoms with van der Waals surface area (Å²) in [5.41, 5.74) is 4.13. The Labute approximate surface area is 463 Å². The van der Waals surface area contributed by atoms with Crippen molar-refractivity contribution in [2.24, 2.45) is 16.7 Å². The largest absolute Gasteiger partial charge is 0.487 e. The van der Waals surface area contributed by atoms with Crippen molar-refractivity contribution in [1.82, 2.24) is 30.5 Å². The Morgan fingerprint density at radius 1 is 0.883 bits per heavy atom. The number of hydrogen-bond acceptors (Lipinski definition) is 16. The summed E-state index contributed by atoms with van der Waals surface area (Å²) in [6.45, 7) is 10.6. The van der Waals surface area contributed by atoms with Crippen molar-refractivity contribution in [1.29, 1.82) is 0 Å². The van der Waals surface area contributed by atoms with E-state index in [4.69, 9.17) is 40.3 Å². The van der Waals surface area contributed by atoms with Crippen LogP contribution in [-0.2, 0) is 51.1 Å². The predicted octanol–water partition coefficient (Wildman–Crippen LogP) is 8.53. The van der Waals surface area contributed by atoms with E-state index in [1.165, 1.54) is 22.3 Å². The average Bonchev–Trinajstić information content (AvgIpc) is 4.20. The van der Waals surface area contributed by atoms with E-state index in [0.29, 0.717) is 77.5 Å². The Morgan fingerprint density at radius 2 is 1.57 bits per heavy atom. The first-order valence-electron chi connectivity index (χ1n) is 26.2. The van der Waals surface area contributed by atoms with Crippen molar-refractivity contribution in [2.45, 2.75) is 104 Å². The van der Waals surface area contributed by atoms with Crippen LogP contribution in [0.15, 0.2) is 77.8 Å². The van der Waals surface area contributed by atoms with Gasteiger partial charge >= 0.3 is 0 Å². The number of benzene rings is 2. The summed E-state index contributed by atoms with van der Waals surface area (Å²) in [4.78, 5) is 70.6. The number of Topliss-reactive ketones (excluding diaryl/α,β-unsaturated/α-hetero) is 1. The molecular formula is C56H71ClFN7O10S2. The topological polar surface area (TPSA) is 213 Å². The van der Waals surface area contributed by atoms with Crippen LogP contribution in [0.3, 0.4) is 0 Å². The first-order valence-corrected chi connectivity index (χ1v) is 28.3. The van der Waals surface area contributed by atoms with Gasteiger partial charge in [-0.3, -0.25) is 19.2 Å². The lowest BCUT2D eigenvalue weighted by atomic mass is 9.69. The minimum atomic E-state index is -0.850. The number of aliphatic hydroxyl groups excluding tert-OH is 1. The van der Waals surface area contributed by atoms with Crippen LogP contribution < -0.4 is 20.7 Å². The van der Waals surface area contributed by atoms with Crippen molar-refractivity contribution in [3.05, 3.63) is 106 Å². The number of amides is 3. The van der Waals surface area contributed by atoms with Gasteiger partial charge in [-0.2, -0.15) is 0 Å². The number of aliphatic hydroxyl groups is 1. The number of pyridine rings is 1. The third kappa shape index (κ3) is 17.5. The molecule has 416 valence electrons. The van der Waals surface area contributed by atoms with Crippen LogP contribution in [0.4, 0.5) is 15.3 Å². The van der Waals surface area contributed by atoms with E-state index in [-0.39, 0.29) is 92.6 Å². The summed E-state index contributed by atoms with van der Waals surface area (Å²) < 4.78 is 43.4. The number of anilines is 2. The molecule has 2 aliphatic rings. The molecule has 1 aliphatic carbocycles. The first kappa shape index (κ1) is 59.2. The predicted molar refractivity (Wildman–Crippen MR) is 294 cm³/mol. The smallest absolute Gasteiger partial charge is 0.243 e. The van der Waals surface area contributed by atoms with E-state index >= 15 is 0 Å². The van der Waals surface area contributed by atoms with Gasteiger partial charge in [0.05, 0.1) is 91.6 Å². The first-order chi connectivity index (χ1) is 37.1.